The molecule has 44 heavy (non-hydrogen) atoms. The quantitative estimate of drug-likeness (QED) is 0.0720. The number of hydrogen-bond acceptors (Lipinski definition) is 2. The van der Waals surface area contributed by atoms with Crippen molar-refractivity contribution in [2.24, 2.45) is 0 Å². The smallest absolute Gasteiger partial charge is 0.282 e. The third kappa shape index (κ3) is 17.3. The SMILES string of the molecule is CCCCCCCCCCCCCCCc1ccc2c(CCCCCCCCCCCCCCC)ccc(S(=O)(=O)O)c2c1. The molecule has 0 amide bonds. The minimum absolute atomic E-state index is 0.0498. The summed E-state index contributed by atoms with van der Waals surface area (Å²) in [5.41, 5.74) is 2.37. The van der Waals surface area contributed by atoms with Crippen LogP contribution in [0.25, 0.3) is 10.8 Å². The van der Waals surface area contributed by atoms with Crippen molar-refractivity contribution >= 4 is 20.9 Å². The molecule has 0 radical (unpaired) electrons. The van der Waals surface area contributed by atoms with Crippen molar-refractivity contribution in [3.8, 4) is 0 Å². The topological polar surface area (TPSA) is 54.4 Å². The van der Waals surface area contributed by atoms with Gasteiger partial charge >= 0.3 is 0 Å². The molecule has 2 aromatic rings. The maximum Gasteiger partial charge on any atom is 0.295 e. The molecule has 252 valence electrons. The van der Waals surface area contributed by atoms with Crippen LogP contribution in [0, 0.1) is 0 Å². The molecule has 0 bridgehead atoms. The molecule has 2 aromatic carbocycles. The van der Waals surface area contributed by atoms with Crippen molar-refractivity contribution in [1.29, 1.82) is 0 Å². The zero-order valence-corrected chi connectivity index (χ0v) is 29.7. The molecule has 0 heterocycles. The fraction of sp³-hybridized carbons (Fsp3) is 0.750. The average Bonchev–Trinajstić information content (AvgIpc) is 3.01. The lowest BCUT2D eigenvalue weighted by Crippen LogP contribution is -2.01. The van der Waals surface area contributed by atoms with Gasteiger partial charge in [-0.25, -0.2) is 0 Å². The van der Waals surface area contributed by atoms with Crippen molar-refractivity contribution in [3.63, 3.8) is 0 Å². The summed E-state index contributed by atoms with van der Waals surface area (Å²) in [5, 5.41) is 1.67. The highest BCUT2D eigenvalue weighted by molar-refractivity contribution is 7.86. The second-order valence-corrected chi connectivity index (χ2v) is 15.0. The van der Waals surface area contributed by atoms with Gasteiger partial charge in [-0.05, 0) is 54.3 Å². The van der Waals surface area contributed by atoms with Crippen molar-refractivity contribution in [2.75, 3.05) is 0 Å². The molecule has 1 N–H and O–H groups in total. The van der Waals surface area contributed by atoms with Crippen LogP contribution in [-0.2, 0) is 23.0 Å². The van der Waals surface area contributed by atoms with Gasteiger partial charge in [0.05, 0.1) is 0 Å². The predicted octanol–water partition coefficient (Wildman–Crippen LogP) is 13.4. The number of unbranched alkanes of at least 4 members (excludes halogenated alkanes) is 24. The van der Waals surface area contributed by atoms with E-state index in [0.717, 1.165) is 31.1 Å². The molecule has 0 fully saturated rings. The van der Waals surface area contributed by atoms with Gasteiger partial charge in [0.1, 0.15) is 4.90 Å². The zero-order chi connectivity index (χ0) is 31.7. The molecule has 3 nitrogen and oxygen atoms in total. The second kappa shape index (κ2) is 24.8. The van der Waals surface area contributed by atoms with Crippen LogP contribution in [0.15, 0.2) is 35.2 Å². The summed E-state index contributed by atoms with van der Waals surface area (Å²) in [6.45, 7) is 4.55. The van der Waals surface area contributed by atoms with Gasteiger partial charge in [0.25, 0.3) is 10.1 Å². The lowest BCUT2D eigenvalue weighted by molar-refractivity contribution is 0.484. The third-order valence-corrected chi connectivity index (χ3v) is 10.4. The van der Waals surface area contributed by atoms with Crippen LogP contribution in [-0.4, -0.2) is 13.0 Å². The number of fused-ring (bicyclic) bond motifs is 1. The van der Waals surface area contributed by atoms with E-state index >= 15 is 0 Å². The fourth-order valence-corrected chi connectivity index (χ4v) is 7.40. The molecule has 0 atom stereocenters. The first-order chi connectivity index (χ1) is 21.5. The van der Waals surface area contributed by atoms with Gasteiger partial charge in [0, 0.05) is 5.39 Å². The normalized spacial score (nSPS) is 12.0. The Morgan fingerprint density at radius 3 is 1.25 bits per heavy atom. The van der Waals surface area contributed by atoms with Crippen LogP contribution < -0.4 is 0 Å². The molecule has 0 aliphatic carbocycles. The summed E-state index contributed by atoms with van der Waals surface area (Å²) < 4.78 is 34.3. The summed E-state index contributed by atoms with van der Waals surface area (Å²) in [5.74, 6) is 0. The number of hydrogen-bond donors (Lipinski definition) is 1. The van der Waals surface area contributed by atoms with Crippen LogP contribution in [0.3, 0.4) is 0 Å². The Bertz CT molecular complexity index is 1090. The van der Waals surface area contributed by atoms with Gasteiger partial charge in [-0.1, -0.05) is 186 Å². The average molecular weight is 629 g/mol. The van der Waals surface area contributed by atoms with Gasteiger partial charge < -0.3 is 0 Å². The van der Waals surface area contributed by atoms with Crippen molar-refractivity contribution in [1.82, 2.24) is 0 Å². The predicted molar refractivity (Wildman–Crippen MR) is 193 cm³/mol. The summed E-state index contributed by atoms with van der Waals surface area (Å²) in [7, 11) is -4.26. The molecule has 0 unspecified atom stereocenters. The highest BCUT2D eigenvalue weighted by Gasteiger charge is 2.16. The Morgan fingerprint density at radius 1 is 0.455 bits per heavy atom. The summed E-state index contributed by atoms with van der Waals surface area (Å²) in [6.07, 6.45) is 36.7. The molecular formula is C40H68O3S. The summed E-state index contributed by atoms with van der Waals surface area (Å²) >= 11 is 0. The first-order valence-corrected chi connectivity index (χ1v) is 20.4. The first kappa shape index (κ1) is 38.8. The van der Waals surface area contributed by atoms with E-state index in [1.807, 2.05) is 12.1 Å². The fourth-order valence-electron chi connectivity index (χ4n) is 6.71. The Hall–Kier alpha value is -1.39. The highest BCUT2D eigenvalue weighted by atomic mass is 32.2. The Kier molecular flexibility index (Phi) is 21.9. The van der Waals surface area contributed by atoms with Gasteiger partial charge in [-0.3, -0.25) is 4.55 Å². The van der Waals surface area contributed by atoms with Gasteiger partial charge in [0.2, 0.25) is 0 Å². The van der Waals surface area contributed by atoms with E-state index in [-0.39, 0.29) is 4.90 Å². The zero-order valence-electron chi connectivity index (χ0n) is 28.9. The standard InChI is InChI=1S/C40H68O3S/c1-3-5-7-9-11-13-15-17-19-21-23-25-27-29-36-31-33-38-37(32-34-40(39(38)35-36)44(41,42)43)30-28-26-24-22-20-18-16-14-12-10-8-6-4-2/h31-35H,3-30H2,1-2H3,(H,41,42,43). The molecule has 4 heteroatoms. The Labute approximate surface area is 273 Å². The molecule has 0 aromatic heterocycles. The molecule has 0 aliphatic heterocycles. The van der Waals surface area contributed by atoms with E-state index in [4.69, 9.17) is 0 Å². The van der Waals surface area contributed by atoms with Crippen molar-refractivity contribution in [3.05, 3.63) is 41.5 Å². The first-order valence-electron chi connectivity index (χ1n) is 19.0. The Morgan fingerprint density at radius 2 is 0.841 bits per heavy atom. The van der Waals surface area contributed by atoms with E-state index in [1.54, 1.807) is 6.07 Å². The lowest BCUT2D eigenvalue weighted by atomic mass is 9.96. The van der Waals surface area contributed by atoms with Crippen molar-refractivity contribution in [2.45, 2.75) is 199 Å². The number of benzene rings is 2. The van der Waals surface area contributed by atoms with E-state index in [0.29, 0.717) is 5.39 Å². The third-order valence-electron chi connectivity index (χ3n) is 9.53. The maximum absolute atomic E-state index is 12.2. The lowest BCUT2D eigenvalue weighted by Gasteiger charge is -2.12. The molecular weight excluding hydrogens is 561 g/mol. The second-order valence-electron chi connectivity index (χ2n) is 13.6. The highest BCUT2D eigenvalue weighted by Crippen LogP contribution is 2.29. The number of rotatable bonds is 29. The van der Waals surface area contributed by atoms with Crippen LogP contribution in [0.4, 0.5) is 0 Å². The van der Waals surface area contributed by atoms with Gasteiger partial charge in [-0.15, -0.1) is 0 Å². The van der Waals surface area contributed by atoms with Crippen molar-refractivity contribution < 1.29 is 13.0 Å². The summed E-state index contributed by atoms with van der Waals surface area (Å²) in [6, 6.07) is 9.82. The van der Waals surface area contributed by atoms with E-state index < -0.39 is 10.1 Å². The largest absolute Gasteiger partial charge is 0.295 e. The minimum atomic E-state index is -4.26. The monoisotopic (exact) mass is 628 g/mol. The van der Waals surface area contributed by atoms with E-state index in [2.05, 4.69) is 26.0 Å². The molecule has 0 aliphatic rings. The van der Waals surface area contributed by atoms with Crippen LogP contribution in [0.2, 0.25) is 0 Å². The van der Waals surface area contributed by atoms with Crippen LogP contribution >= 0.6 is 0 Å². The van der Waals surface area contributed by atoms with Gasteiger partial charge in [-0.2, -0.15) is 8.42 Å². The Balaban J connectivity index is 1.69. The molecule has 0 saturated carbocycles. The molecule has 0 spiro atoms. The van der Waals surface area contributed by atoms with E-state index in [1.165, 1.54) is 165 Å². The minimum Gasteiger partial charge on any atom is -0.282 e. The van der Waals surface area contributed by atoms with Crippen LogP contribution in [0.5, 0.6) is 0 Å². The number of aryl methyl sites for hydroxylation is 2. The van der Waals surface area contributed by atoms with Gasteiger partial charge in [0.15, 0.2) is 0 Å². The maximum atomic E-state index is 12.2. The van der Waals surface area contributed by atoms with E-state index in [9.17, 15) is 13.0 Å². The summed E-state index contributed by atoms with van der Waals surface area (Å²) in [4.78, 5) is 0.0498. The van der Waals surface area contributed by atoms with Crippen LogP contribution in [0.1, 0.15) is 192 Å². The molecule has 2 rings (SSSR count). The molecule has 0 saturated heterocycles.